The third kappa shape index (κ3) is 5.17. The number of rotatable bonds is 7. The van der Waals surface area contributed by atoms with E-state index in [4.69, 9.17) is 4.74 Å². The maximum atomic E-state index is 12.7. The van der Waals surface area contributed by atoms with Gasteiger partial charge in [-0.25, -0.2) is 4.79 Å². The van der Waals surface area contributed by atoms with Gasteiger partial charge in [0.05, 0.1) is 17.0 Å². The maximum Gasteiger partial charge on any atom is 0.341 e. The Bertz CT molecular complexity index is 858. The van der Waals surface area contributed by atoms with Crippen LogP contribution in [0.25, 0.3) is 0 Å². The second-order valence-electron chi connectivity index (χ2n) is 6.10. The summed E-state index contributed by atoms with van der Waals surface area (Å²) in [5, 5.41) is 5.92. The summed E-state index contributed by atoms with van der Waals surface area (Å²) in [5.41, 5.74) is 2.42. The maximum absolute atomic E-state index is 12.7. The number of aryl methyl sites for hydroxylation is 1. The summed E-state index contributed by atoms with van der Waals surface area (Å²) < 4.78 is 5.10. The van der Waals surface area contributed by atoms with Gasteiger partial charge in [-0.3, -0.25) is 9.59 Å². The molecule has 0 fully saturated rings. The monoisotopic (exact) mass is 388 g/mol. The van der Waals surface area contributed by atoms with Gasteiger partial charge in [-0.05, 0) is 50.5 Å². The van der Waals surface area contributed by atoms with Crippen LogP contribution in [0.4, 0.5) is 10.7 Å². The smallest absolute Gasteiger partial charge is 0.341 e. The molecule has 1 heterocycles. The standard InChI is InChI=1S/C20H24N2O4S/c1-5-8-15(23)22-19-16(20(25)26-6-2)13(4)17(27-19)18(24)21-14-10-7-9-12(3)11-14/h7,9-11H,5-6,8H2,1-4H3,(H,21,24)(H,22,23). The third-order valence-electron chi connectivity index (χ3n) is 3.84. The molecular formula is C20H24N2O4S. The molecule has 6 nitrogen and oxygen atoms in total. The minimum atomic E-state index is -0.548. The SMILES string of the molecule is CCCC(=O)Nc1sc(C(=O)Nc2cccc(C)c2)c(C)c1C(=O)OCC. The zero-order valence-corrected chi connectivity index (χ0v) is 16.8. The number of nitrogens with one attached hydrogen (secondary N) is 2. The Labute approximate surface area is 162 Å². The fraction of sp³-hybridized carbons (Fsp3) is 0.350. The highest BCUT2D eigenvalue weighted by molar-refractivity contribution is 7.18. The molecule has 0 atom stereocenters. The average molecular weight is 388 g/mol. The molecule has 1 aromatic heterocycles. The van der Waals surface area contributed by atoms with Crippen molar-refractivity contribution in [3.63, 3.8) is 0 Å². The van der Waals surface area contributed by atoms with E-state index in [1.54, 1.807) is 19.9 Å². The predicted molar refractivity (Wildman–Crippen MR) is 108 cm³/mol. The van der Waals surface area contributed by atoms with Gasteiger partial charge in [0.1, 0.15) is 5.00 Å². The lowest BCUT2D eigenvalue weighted by molar-refractivity contribution is -0.116. The number of amides is 2. The fourth-order valence-electron chi connectivity index (χ4n) is 2.59. The van der Waals surface area contributed by atoms with Crippen molar-refractivity contribution < 1.29 is 19.1 Å². The Kier molecular flexibility index (Phi) is 7.12. The highest BCUT2D eigenvalue weighted by Crippen LogP contribution is 2.34. The van der Waals surface area contributed by atoms with Crippen molar-refractivity contribution in [1.82, 2.24) is 0 Å². The molecule has 2 N–H and O–H groups in total. The first-order valence-electron chi connectivity index (χ1n) is 8.85. The van der Waals surface area contributed by atoms with Crippen LogP contribution < -0.4 is 10.6 Å². The Balaban J connectivity index is 2.36. The van der Waals surface area contributed by atoms with Gasteiger partial charge in [0.25, 0.3) is 5.91 Å². The highest BCUT2D eigenvalue weighted by Gasteiger charge is 2.26. The summed E-state index contributed by atoms with van der Waals surface area (Å²) in [6, 6.07) is 7.44. The quantitative estimate of drug-likeness (QED) is 0.683. The number of carbonyl (C=O) groups is 3. The van der Waals surface area contributed by atoms with Crippen molar-refractivity contribution in [2.75, 3.05) is 17.2 Å². The molecule has 0 saturated carbocycles. The lowest BCUT2D eigenvalue weighted by atomic mass is 10.1. The van der Waals surface area contributed by atoms with Gasteiger partial charge < -0.3 is 15.4 Å². The normalized spacial score (nSPS) is 10.4. The second kappa shape index (κ2) is 9.32. The molecule has 0 aliphatic carbocycles. The summed E-state index contributed by atoms with van der Waals surface area (Å²) in [4.78, 5) is 37.5. The number of hydrogen-bond donors (Lipinski definition) is 2. The fourth-order valence-corrected chi connectivity index (χ4v) is 3.70. The predicted octanol–water partition coefficient (Wildman–Crippen LogP) is 4.53. The molecular weight excluding hydrogens is 364 g/mol. The molecule has 2 rings (SSSR count). The number of anilines is 2. The van der Waals surface area contributed by atoms with Crippen molar-refractivity contribution in [2.45, 2.75) is 40.5 Å². The van der Waals surface area contributed by atoms with Gasteiger partial charge >= 0.3 is 5.97 Å². The van der Waals surface area contributed by atoms with Crippen LogP contribution in [0.15, 0.2) is 24.3 Å². The molecule has 0 unspecified atom stereocenters. The summed E-state index contributed by atoms with van der Waals surface area (Å²) in [6.07, 6.45) is 1.02. The first kappa shape index (κ1) is 20.6. The van der Waals surface area contributed by atoms with Crippen LogP contribution in [-0.4, -0.2) is 24.4 Å². The number of esters is 1. The molecule has 2 amide bonds. The van der Waals surface area contributed by atoms with Gasteiger partial charge in [0.2, 0.25) is 5.91 Å². The minimum absolute atomic E-state index is 0.199. The second-order valence-corrected chi connectivity index (χ2v) is 7.12. The Morgan fingerprint density at radius 2 is 1.85 bits per heavy atom. The lowest BCUT2D eigenvalue weighted by Crippen LogP contribution is -2.14. The molecule has 0 aliphatic heterocycles. The van der Waals surface area contributed by atoms with Gasteiger partial charge in [-0.1, -0.05) is 19.1 Å². The summed E-state index contributed by atoms with van der Waals surface area (Å²) in [5.74, 6) is -1.08. The molecule has 7 heteroatoms. The largest absolute Gasteiger partial charge is 0.462 e. The molecule has 2 aromatic rings. The summed E-state index contributed by atoms with van der Waals surface area (Å²) in [6.45, 7) is 7.43. The topological polar surface area (TPSA) is 84.5 Å². The van der Waals surface area contributed by atoms with Crippen LogP contribution in [0.3, 0.4) is 0 Å². The summed E-state index contributed by atoms with van der Waals surface area (Å²) in [7, 11) is 0. The molecule has 1 aromatic carbocycles. The van der Waals surface area contributed by atoms with Crippen LogP contribution in [0.2, 0.25) is 0 Å². The van der Waals surface area contributed by atoms with Crippen LogP contribution in [0, 0.1) is 13.8 Å². The first-order chi connectivity index (χ1) is 12.9. The van der Waals surface area contributed by atoms with Gasteiger partial charge in [-0.2, -0.15) is 0 Å². The van der Waals surface area contributed by atoms with E-state index in [2.05, 4.69) is 10.6 Å². The average Bonchev–Trinajstić information content (AvgIpc) is 2.91. The van der Waals surface area contributed by atoms with Gasteiger partial charge in [0, 0.05) is 12.1 Å². The van der Waals surface area contributed by atoms with E-state index in [9.17, 15) is 14.4 Å². The van der Waals surface area contributed by atoms with Gasteiger partial charge in [0.15, 0.2) is 0 Å². The molecule has 27 heavy (non-hydrogen) atoms. The molecule has 0 aliphatic rings. The van der Waals surface area contributed by atoms with Crippen molar-refractivity contribution in [2.24, 2.45) is 0 Å². The van der Waals surface area contributed by atoms with E-state index in [1.807, 2.05) is 32.0 Å². The van der Waals surface area contributed by atoms with E-state index in [0.717, 1.165) is 16.9 Å². The zero-order valence-electron chi connectivity index (χ0n) is 16.0. The molecule has 0 spiro atoms. The highest BCUT2D eigenvalue weighted by atomic mass is 32.1. The number of carbonyl (C=O) groups excluding carboxylic acids is 3. The Hall–Kier alpha value is -2.67. The van der Waals surface area contributed by atoms with Crippen LogP contribution >= 0.6 is 11.3 Å². The zero-order chi connectivity index (χ0) is 20.0. The van der Waals surface area contributed by atoms with Crippen molar-refractivity contribution >= 4 is 39.8 Å². The molecule has 144 valence electrons. The Morgan fingerprint density at radius 3 is 2.48 bits per heavy atom. The number of ether oxygens (including phenoxy) is 1. The van der Waals surface area contributed by atoms with Crippen LogP contribution in [0.1, 0.15) is 57.8 Å². The van der Waals surface area contributed by atoms with Crippen molar-refractivity contribution in [3.05, 3.63) is 45.8 Å². The van der Waals surface area contributed by atoms with Crippen LogP contribution in [-0.2, 0) is 9.53 Å². The Morgan fingerprint density at radius 1 is 1.11 bits per heavy atom. The van der Waals surface area contributed by atoms with Crippen LogP contribution in [0.5, 0.6) is 0 Å². The minimum Gasteiger partial charge on any atom is -0.462 e. The number of thiophene rings is 1. The molecule has 0 bridgehead atoms. The van der Waals surface area contributed by atoms with Gasteiger partial charge in [-0.15, -0.1) is 11.3 Å². The van der Waals surface area contributed by atoms with E-state index in [0.29, 0.717) is 34.0 Å². The van der Waals surface area contributed by atoms with Crippen molar-refractivity contribution in [3.8, 4) is 0 Å². The molecule has 0 radical (unpaired) electrons. The summed E-state index contributed by atoms with van der Waals surface area (Å²) >= 11 is 1.08. The van der Waals surface area contributed by atoms with E-state index < -0.39 is 5.97 Å². The lowest BCUT2D eigenvalue weighted by Gasteiger charge is -2.06. The number of benzene rings is 1. The van der Waals surface area contributed by atoms with E-state index in [1.165, 1.54) is 0 Å². The van der Waals surface area contributed by atoms with E-state index in [-0.39, 0.29) is 24.0 Å². The van der Waals surface area contributed by atoms with Crippen molar-refractivity contribution in [1.29, 1.82) is 0 Å². The first-order valence-corrected chi connectivity index (χ1v) is 9.67. The van der Waals surface area contributed by atoms with E-state index >= 15 is 0 Å². The number of hydrogen-bond acceptors (Lipinski definition) is 5. The molecule has 0 saturated heterocycles. The third-order valence-corrected chi connectivity index (χ3v) is 5.04.